The minimum atomic E-state index is -4.81. The van der Waals surface area contributed by atoms with Gasteiger partial charge in [-0.3, -0.25) is 0 Å². The van der Waals surface area contributed by atoms with Gasteiger partial charge in [0.2, 0.25) is 0 Å². The van der Waals surface area contributed by atoms with Crippen molar-refractivity contribution in [3.63, 3.8) is 0 Å². The van der Waals surface area contributed by atoms with E-state index in [2.05, 4.69) is 21.4 Å². The lowest BCUT2D eigenvalue weighted by Gasteiger charge is -2.33. The first kappa shape index (κ1) is 28.3. The number of methoxy groups -OCH3 is 1. The third-order valence-electron chi connectivity index (χ3n) is 6.77. The van der Waals surface area contributed by atoms with Crippen LogP contribution in [-0.2, 0) is 17.5 Å². The third kappa shape index (κ3) is 6.46. The molecule has 0 saturated carbocycles. The summed E-state index contributed by atoms with van der Waals surface area (Å²) in [5.74, 6) is 0.0362. The molecule has 1 unspecified atom stereocenters. The smallest absolute Gasteiger partial charge is 0.383 e. The van der Waals surface area contributed by atoms with Gasteiger partial charge in [-0.1, -0.05) is 0 Å². The number of hydrogen-bond acceptors (Lipinski definition) is 8. The summed E-state index contributed by atoms with van der Waals surface area (Å²) < 4.78 is 61.1. The van der Waals surface area contributed by atoms with Crippen molar-refractivity contribution >= 4 is 11.6 Å². The van der Waals surface area contributed by atoms with E-state index < -0.39 is 17.6 Å². The summed E-state index contributed by atoms with van der Waals surface area (Å²) in [7, 11) is 1.62. The number of piperidine rings is 1. The van der Waals surface area contributed by atoms with E-state index in [0.29, 0.717) is 57.1 Å². The maximum atomic E-state index is 13.9. The second-order valence-electron chi connectivity index (χ2n) is 9.51. The first-order valence-corrected chi connectivity index (χ1v) is 12.5. The van der Waals surface area contributed by atoms with Crippen LogP contribution < -0.4 is 16.0 Å². The van der Waals surface area contributed by atoms with E-state index >= 15 is 0 Å². The van der Waals surface area contributed by atoms with Crippen LogP contribution in [-0.4, -0.2) is 58.9 Å². The van der Waals surface area contributed by atoms with Crippen molar-refractivity contribution in [2.24, 2.45) is 0 Å². The van der Waals surface area contributed by atoms with Crippen LogP contribution in [0.25, 0.3) is 11.3 Å². The molecule has 1 aliphatic rings. The minimum absolute atomic E-state index is 0.0126. The quantitative estimate of drug-likeness (QED) is 0.388. The molecule has 1 fully saturated rings. The minimum Gasteiger partial charge on any atom is -0.383 e. The van der Waals surface area contributed by atoms with Crippen LogP contribution >= 0.6 is 0 Å². The summed E-state index contributed by atoms with van der Waals surface area (Å²) >= 11 is 0. The number of ether oxygens (including phenoxy) is 1. The molecule has 208 valence electrons. The lowest BCUT2D eigenvalue weighted by atomic mass is 9.95. The van der Waals surface area contributed by atoms with Gasteiger partial charge in [-0.25, -0.2) is 19.3 Å². The molecular formula is C26H30F4N8O. The zero-order valence-corrected chi connectivity index (χ0v) is 21.7. The number of nitrogens with two attached hydrogens (primary N) is 1. The number of imidazole rings is 1. The molecule has 9 nitrogen and oxygen atoms in total. The van der Waals surface area contributed by atoms with Gasteiger partial charge < -0.3 is 25.3 Å². The number of nitriles is 1. The van der Waals surface area contributed by atoms with E-state index in [-0.39, 0.29) is 28.9 Å². The van der Waals surface area contributed by atoms with E-state index in [1.807, 2.05) is 16.4 Å². The molecule has 1 aromatic carbocycles. The highest BCUT2D eigenvalue weighted by Gasteiger charge is 2.35. The number of nitrogens with one attached hydrogen (secondary N) is 1. The summed E-state index contributed by atoms with van der Waals surface area (Å²) in [6.07, 6.45) is -0.416. The van der Waals surface area contributed by atoms with E-state index in [1.165, 1.54) is 12.4 Å². The van der Waals surface area contributed by atoms with E-state index in [0.717, 1.165) is 18.0 Å². The van der Waals surface area contributed by atoms with Gasteiger partial charge in [-0.05, 0) is 38.0 Å². The molecule has 39 heavy (non-hydrogen) atoms. The van der Waals surface area contributed by atoms with Gasteiger partial charge in [-0.15, -0.1) is 0 Å². The average molecular weight is 547 g/mol. The lowest BCUT2D eigenvalue weighted by Crippen LogP contribution is -2.36. The van der Waals surface area contributed by atoms with Crippen LogP contribution in [0.3, 0.4) is 0 Å². The van der Waals surface area contributed by atoms with Gasteiger partial charge in [0.05, 0.1) is 17.9 Å². The average Bonchev–Trinajstić information content (AvgIpc) is 3.32. The molecule has 0 amide bonds. The van der Waals surface area contributed by atoms with Crippen molar-refractivity contribution in [3.05, 3.63) is 53.5 Å². The lowest BCUT2D eigenvalue weighted by molar-refractivity contribution is -0.139. The van der Waals surface area contributed by atoms with Crippen molar-refractivity contribution in [1.82, 2.24) is 24.8 Å². The van der Waals surface area contributed by atoms with Gasteiger partial charge in [0.25, 0.3) is 0 Å². The van der Waals surface area contributed by atoms with Crippen LogP contribution in [0.4, 0.5) is 29.2 Å². The van der Waals surface area contributed by atoms with Gasteiger partial charge in [0.15, 0.2) is 5.82 Å². The van der Waals surface area contributed by atoms with Crippen LogP contribution in [0.15, 0.2) is 30.7 Å². The van der Waals surface area contributed by atoms with Gasteiger partial charge >= 0.3 is 6.18 Å². The summed E-state index contributed by atoms with van der Waals surface area (Å²) in [5, 5.41) is 12.8. The molecule has 3 aromatic rings. The van der Waals surface area contributed by atoms with Crippen molar-refractivity contribution in [2.75, 3.05) is 44.0 Å². The monoisotopic (exact) mass is 546 g/mol. The number of anilines is 2. The Bertz CT molecular complexity index is 1330. The van der Waals surface area contributed by atoms with Gasteiger partial charge in [0, 0.05) is 57.0 Å². The zero-order valence-electron chi connectivity index (χ0n) is 21.7. The summed E-state index contributed by atoms with van der Waals surface area (Å²) in [4.78, 5) is 14.9. The SMILES string of the molecule is COCC(C)NCCn1cc(-c2ccc(F)c(C(F)(F)F)c2)nc1C1CCN(c2ncnc(N)c2C#N)CC1. The van der Waals surface area contributed by atoms with E-state index in [4.69, 9.17) is 15.5 Å². The molecule has 1 aliphatic heterocycles. The normalized spacial score (nSPS) is 15.4. The van der Waals surface area contributed by atoms with Crippen molar-refractivity contribution in [1.29, 1.82) is 5.26 Å². The third-order valence-corrected chi connectivity index (χ3v) is 6.77. The first-order chi connectivity index (χ1) is 18.6. The van der Waals surface area contributed by atoms with E-state index in [1.54, 1.807) is 13.3 Å². The Labute approximate surface area is 223 Å². The molecule has 1 saturated heterocycles. The molecule has 4 rings (SSSR count). The fourth-order valence-electron chi connectivity index (χ4n) is 4.80. The zero-order chi connectivity index (χ0) is 28.2. The number of halogens is 4. The van der Waals surface area contributed by atoms with Gasteiger partial charge in [-0.2, -0.15) is 18.4 Å². The summed E-state index contributed by atoms with van der Waals surface area (Å²) in [6.45, 7) is 4.81. The molecule has 0 aliphatic carbocycles. The summed E-state index contributed by atoms with van der Waals surface area (Å²) in [6, 6.07) is 5.12. The predicted molar refractivity (Wildman–Crippen MR) is 137 cm³/mol. The number of alkyl halides is 3. The molecule has 0 spiro atoms. The topological polar surface area (TPSA) is 118 Å². The Morgan fingerprint density at radius 3 is 2.67 bits per heavy atom. The summed E-state index contributed by atoms with van der Waals surface area (Å²) in [5.41, 5.74) is 5.29. The highest BCUT2D eigenvalue weighted by atomic mass is 19.4. The molecule has 3 N–H and O–H groups in total. The molecule has 13 heteroatoms. The molecular weight excluding hydrogens is 516 g/mol. The predicted octanol–water partition coefficient (Wildman–Crippen LogP) is 3.96. The molecule has 0 radical (unpaired) electrons. The van der Waals surface area contributed by atoms with Crippen LogP contribution in [0.5, 0.6) is 0 Å². The van der Waals surface area contributed by atoms with Crippen LogP contribution in [0.1, 0.15) is 42.6 Å². The fraction of sp³-hybridized carbons (Fsp3) is 0.462. The number of rotatable bonds is 9. The molecule has 1 atom stereocenters. The van der Waals surface area contributed by atoms with Crippen molar-refractivity contribution in [2.45, 2.75) is 44.4 Å². The number of benzene rings is 1. The second-order valence-corrected chi connectivity index (χ2v) is 9.51. The Kier molecular flexibility index (Phi) is 8.66. The fourth-order valence-corrected chi connectivity index (χ4v) is 4.80. The molecule has 3 heterocycles. The highest BCUT2D eigenvalue weighted by Crippen LogP contribution is 2.36. The number of hydrogen-bond donors (Lipinski definition) is 2. The van der Waals surface area contributed by atoms with Crippen LogP contribution in [0, 0.1) is 17.1 Å². The maximum absolute atomic E-state index is 13.9. The number of aromatic nitrogens is 4. The highest BCUT2D eigenvalue weighted by molar-refractivity contribution is 5.63. The number of nitrogen functional groups attached to an aromatic ring is 1. The largest absolute Gasteiger partial charge is 0.419 e. The first-order valence-electron chi connectivity index (χ1n) is 12.5. The maximum Gasteiger partial charge on any atom is 0.419 e. The standard InChI is InChI=1S/C26H30F4N8O/c1-16(14-39-2)33-7-10-38-13-22(18-3-4-21(27)20(11-18)26(28,29)30)36-24(38)17-5-8-37(9-6-17)25-19(12-31)23(32)34-15-35-25/h3-4,11,13,15-17,33H,5-10,14H2,1-2H3,(H2,32,34,35). The Balaban J connectivity index is 1.59. The Morgan fingerprint density at radius 2 is 2.00 bits per heavy atom. The van der Waals surface area contributed by atoms with Crippen LogP contribution in [0.2, 0.25) is 0 Å². The Morgan fingerprint density at radius 1 is 1.26 bits per heavy atom. The van der Waals surface area contributed by atoms with Gasteiger partial charge in [0.1, 0.15) is 35.4 Å². The molecule has 0 bridgehead atoms. The molecule has 2 aromatic heterocycles. The van der Waals surface area contributed by atoms with Crippen molar-refractivity contribution < 1.29 is 22.3 Å². The van der Waals surface area contributed by atoms with E-state index in [9.17, 15) is 22.8 Å². The number of nitrogens with zero attached hydrogens (tertiary/aromatic N) is 6. The second kappa shape index (κ2) is 12.0. The van der Waals surface area contributed by atoms with Crippen molar-refractivity contribution in [3.8, 4) is 17.3 Å². The Hall–Kier alpha value is -3.76.